The lowest BCUT2D eigenvalue weighted by atomic mass is 9.68. The summed E-state index contributed by atoms with van der Waals surface area (Å²) < 4.78 is 12.0. The van der Waals surface area contributed by atoms with E-state index in [9.17, 15) is 9.90 Å². The standard InChI is InChI=1S/C23H32O4/c1-5-6-7-8-16-12-19(26-21(25)14-24)22-17-11-15(2)9-10-18(17)23(3,4)27-20(22)13-16/h11-13,17-18,24H,5-10,14H2,1-4H3/t17-,18-/m1/s1. The van der Waals surface area contributed by atoms with Gasteiger partial charge < -0.3 is 14.6 Å². The molecule has 3 rings (SSSR count). The Morgan fingerprint density at radius 2 is 2.11 bits per heavy atom. The van der Waals surface area contributed by atoms with Gasteiger partial charge in [0.05, 0.1) is 0 Å². The maximum atomic E-state index is 11.9. The molecule has 2 atom stereocenters. The van der Waals surface area contributed by atoms with Crippen molar-refractivity contribution in [1.82, 2.24) is 0 Å². The van der Waals surface area contributed by atoms with Gasteiger partial charge in [-0.25, -0.2) is 4.79 Å². The molecule has 1 aliphatic carbocycles. The van der Waals surface area contributed by atoms with Gasteiger partial charge in [0.15, 0.2) is 0 Å². The number of esters is 1. The molecule has 0 amide bonds. The van der Waals surface area contributed by atoms with E-state index in [1.165, 1.54) is 12.0 Å². The minimum Gasteiger partial charge on any atom is -0.487 e. The highest BCUT2D eigenvalue weighted by atomic mass is 16.5. The van der Waals surface area contributed by atoms with Gasteiger partial charge >= 0.3 is 5.97 Å². The van der Waals surface area contributed by atoms with Crippen LogP contribution in [-0.2, 0) is 11.2 Å². The number of ether oxygens (including phenoxy) is 2. The molecule has 0 bridgehead atoms. The number of aliphatic hydroxyl groups is 1. The number of aryl methyl sites for hydroxylation is 1. The van der Waals surface area contributed by atoms with Crippen LogP contribution in [0, 0.1) is 5.92 Å². The molecule has 1 aromatic carbocycles. The zero-order valence-electron chi connectivity index (χ0n) is 17.0. The van der Waals surface area contributed by atoms with E-state index in [1.54, 1.807) is 0 Å². The van der Waals surface area contributed by atoms with E-state index < -0.39 is 12.6 Å². The molecule has 0 radical (unpaired) electrons. The monoisotopic (exact) mass is 372 g/mol. The van der Waals surface area contributed by atoms with Crippen molar-refractivity contribution >= 4 is 5.97 Å². The van der Waals surface area contributed by atoms with Crippen LogP contribution in [0.4, 0.5) is 0 Å². The molecule has 1 heterocycles. The minimum atomic E-state index is -0.624. The quantitative estimate of drug-likeness (QED) is 0.333. The SMILES string of the molecule is CCCCCc1cc(OC(=O)CO)c2c(c1)OC(C)(C)[C@@H]1CCC(C)=C[C@@H]21. The normalized spacial score (nSPS) is 22.9. The van der Waals surface area contributed by atoms with Crippen LogP contribution >= 0.6 is 0 Å². The lowest BCUT2D eigenvalue weighted by molar-refractivity contribution is -0.137. The first-order chi connectivity index (χ1) is 12.9. The maximum Gasteiger partial charge on any atom is 0.337 e. The predicted octanol–water partition coefficient (Wildman–Crippen LogP) is 4.93. The van der Waals surface area contributed by atoms with Gasteiger partial charge in [-0.15, -0.1) is 0 Å². The second-order valence-corrected chi connectivity index (χ2v) is 8.48. The summed E-state index contributed by atoms with van der Waals surface area (Å²) in [4.78, 5) is 11.9. The second kappa shape index (κ2) is 8.05. The molecule has 4 nitrogen and oxygen atoms in total. The lowest BCUT2D eigenvalue weighted by Gasteiger charge is -2.46. The molecule has 1 N–H and O–H groups in total. The third-order valence-electron chi connectivity index (χ3n) is 5.93. The summed E-state index contributed by atoms with van der Waals surface area (Å²) in [5, 5.41) is 9.18. The van der Waals surface area contributed by atoms with E-state index in [-0.39, 0.29) is 11.5 Å². The Morgan fingerprint density at radius 1 is 1.33 bits per heavy atom. The maximum absolute atomic E-state index is 11.9. The molecule has 148 valence electrons. The highest BCUT2D eigenvalue weighted by Crippen LogP contribution is 2.53. The number of carbonyl (C=O) groups excluding carboxylic acids is 1. The number of unbranched alkanes of at least 4 members (excludes halogenated alkanes) is 2. The summed E-state index contributed by atoms with van der Waals surface area (Å²) in [7, 11) is 0. The first-order valence-corrected chi connectivity index (χ1v) is 10.2. The Bertz CT molecular complexity index is 732. The van der Waals surface area contributed by atoms with Crippen molar-refractivity contribution in [2.75, 3.05) is 6.61 Å². The van der Waals surface area contributed by atoms with Crippen molar-refractivity contribution < 1.29 is 19.4 Å². The number of benzene rings is 1. The summed E-state index contributed by atoms with van der Waals surface area (Å²) in [6, 6.07) is 4.09. The van der Waals surface area contributed by atoms with Crippen molar-refractivity contribution in [1.29, 1.82) is 0 Å². The van der Waals surface area contributed by atoms with E-state index in [2.05, 4.69) is 39.8 Å². The van der Waals surface area contributed by atoms with E-state index in [0.29, 0.717) is 11.7 Å². The van der Waals surface area contributed by atoms with Crippen LogP contribution in [0.2, 0.25) is 0 Å². The van der Waals surface area contributed by atoms with E-state index in [1.807, 2.05) is 6.07 Å². The Morgan fingerprint density at radius 3 is 2.81 bits per heavy atom. The van der Waals surface area contributed by atoms with Crippen LogP contribution in [0.15, 0.2) is 23.8 Å². The molecule has 2 aliphatic rings. The van der Waals surface area contributed by atoms with E-state index >= 15 is 0 Å². The van der Waals surface area contributed by atoms with Crippen LogP contribution in [0.25, 0.3) is 0 Å². The smallest absolute Gasteiger partial charge is 0.337 e. The van der Waals surface area contributed by atoms with Gasteiger partial charge in [0.2, 0.25) is 0 Å². The fraction of sp³-hybridized carbons (Fsp3) is 0.609. The molecule has 0 saturated heterocycles. The Balaban J connectivity index is 2.07. The molecule has 0 spiro atoms. The third-order valence-corrected chi connectivity index (χ3v) is 5.93. The summed E-state index contributed by atoms with van der Waals surface area (Å²) >= 11 is 0. The summed E-state index contributed by atoms with van der Waals surface area (Å²) in [6.07, 6.45) is 8.80. The Kier molecular flexibility index (Phi) is 5.95. The molecular formula is C23H32O4. The van der Waals surface area contributed by atoms with Gasteiger partial charge in [-0.1, -0.05) is 31.4 Å². The lowest BCUT2D eigenvalue weighted by Crippen LogP contribution is -2.45. The van der Waals surface area contributed by atoms with Gasteiger partial charge in [-0.3, -0.25) is 0 Å². The van der Waals surface area contributed by atoms with E-state index in [0.717, 1.165) is 49.0 Å². The van der Waals surface area contributed by atoms with Crippen molar-refractivity contribution in [2.45, 2.75) is 77.7 Å². The van der Waals surface area contributed by atoms with Gasteiger partial charge in [-0.2, -0.15) is 0 Å². The van der Waals surface area contributed by atoms with Gasteiger partial charge in [0.25, 0.3) is 0 Å². The van der Waals surface area contributed by atoms with Gasteiger partial charge in [-0.05, 0) is 64.2 Å². The number of fused-ring (bicyclic) bond motifs is 3. The largest absolute Gasteiger partial charge is 0.487 e. The molecule has 1 aliphatic heterocycles. The number of allylic oxidation sites excluding steroid dienone is 2. The number of carbonyl (C=O) groups is 1. The third kappa shape index (κ3) is 4.21. The second-order valence-electron chi connectivity index (χ2n) is 8.48. The van der Waals surface area contributed by atoms with Gasteiger partial charge in [0.1, 0.15) is 23.7 Å². The Hall–Kier alpha value is -1.81. The molecular weight excluding hydrogens is 340 g/mol. The molecule has 1 aromatic rings. The predicted molar refractivity (Wildman–Crippen MR) is 106 cm³/mol. The zero-order valence-corrected chi connectivity index (χ0v) is 17.0. The number of hydrogen-bond acceptors (Lipinski definition) is 4. The summed E-state index contributed by atoms with van der Waals surface area (Å²) in [5.41, 5.74) is 3.18. The Labute approximate surface area is 162 Å². The highest BCUT2D eigenvalue weighted by Gasteiger charge is 2.45. The van der Waals surface area contributed by atoms with Crippen LogP contribution in [0.1, 0.15) is 76.8 Å². The van der Waals surface area contributed by atoms with Gasteiger partial charge in [0, 0.05) is 17.4 Å². The summed E-state index contributed by atoms with van der Waals surface area (Å²) in [6.45, 7) is 8.04. The summed E-state index contributed by atoms with van der Waals surface area (Å²) in [5.74, 6) is 1.26. The first-order valence-electron chi connectivity index (χ1n) is 10.2. The average Bonchev–Trinajstić information content (AvgIpc) is 2.60. The molecule has 27 heavy (non-hydrogen) atoms. The van der Waals surface area contributed by atoms with Crippen molar-refractivity contribution in [3.05, 3.63) is 34.9 Å². The zero-order chi connectivity index (χ0) is 19.6. The topological polar surface area (TPSA) is 55.8 Å². The minimum absolute atomic E-state index is 0.170. The fourth-order valence-corrected chi connectivity index (χ4v) is 4.52. The van der Waals surface area contributed by atoms with Crippen molar-refractivity contribution in [3.8, 4) is 11.5 Å². The molecule has 0 unspecified atom stereocenters. The molecule has 0 fully saturated rings. The first kappa shape index (κ1) is 19.9. The number of hydrogen-bond donors (Lipinski definition) is 1. The van der Waals surface area contributed by atoms with E-state index in [4.69, 9.17) is 9.47 Å². The number of aliphatic hydroxyl groups excluding tert-OH is 1. The van der Waals surface area contributed by atoms with Crippen LogP contribution in [-0.4, -0.2) is 23.3 Å². The molecule has 4 heteroatoms. The van der Waals surface area contributed by atoms with Crippen molar-refractivity contribution in [3.63, 3.8) is 0 Å². The fourth-order valence-electron chi connectivity index (χ4n) is 4.52. The average molecular weight is 373 g/mol. The van der Waals surface area contributed by atoms with Crippen LogP contribution in [0.3, 0.4) is 0 Å². The number of rotatable bonds is 6. The molecule has 0 saturated carbocycles. The van der Waals surface area contributed by atoms with Crippen LogP contribution < -0.4 is 9.47 Å². The van der Waals surface area contributed by atoms with Crippen molar-refractivity contribution in [2.24, 2.45) is 5.92 Å². The molecule has 0 aromatic heterocycles. The van der Waals surface area contributed by atoms with Crippen LogP contribution in [0.5, 0.6) is 11.5 Å². The highest BCUT2D eigenvalue weighted by molar-refractivity contribution is 5.74.